The molecule has 3 heteroatoms. The van der Waals surface area contributed by atoms with Gasteiger partial charge in [0.25, 0.3) is 0 Å². The van der Waals surface area contributed by atoms with Crippen molar-refractivity contribution in [3.05, 3.63) is 10.6 Å². The van der Waals surface area contributed by atoms with Crippen LogP contribution < -0.4 is 0 Å². The van der Waals surface area contributed by atoms with E-state index in [1.165, 1.54) is 13.0 Å². The van der Waals surface area contributed by atoms with Crippen LogP contribution in [0.2, 0.25) is 0 Å². The van der Waals surface area contributed by atoms with Crippen LogP contribution in [0.1, 0.15) is 13.8 Å². The average molecular weight is 190 g/mol. The third kappa shape index (κ3) is 4.09. The quantitative estimate of drug-likeness (QED) is 0.663. The molecule has 0 saturated heterocycles. The van der Waals surface area contributed by atoms with Crippen LogP contribution in [-0.2, 0) is 4.79 Å². The second-order valence-electron chi connectivity index (χ2n) is 1.70. The van der Waals surface area contributed by atoms with Crippen molar-refractivity contribution in [2.45, 2.75) is 13.8 Å². The van der Waals surface area contributed by atoms with Gasteiger partial charge in [0.05, 0.1) is 5.71 Å². The summed E-state index contributed by atoms with van der Waals surface area (Å²) in [5, 5.41) is 7.02. The smallest absolute Gasteiger partial charge is 0.177 e. The fourth-order valence-corrected chi connectivity index (χ4v) is 0.529. The highest BCUT2D eigenvalue weighted by molar-refractivity contribution is 9.11. The molecular formula is C6H8BrNO. The number of carbonyl (C=O) groups is 1. The van der Waals surface area contributed by atoms with Crippen LogP contribution in [0.15, 0.2) is 10.6 Å². The molecule has 0 aliphatic carbocycles. The van der Waals surface area contributed by atoms with Crippen LogP contribution in [0.25, 0.3) is 0 Å². The molecule has 50 valence electrons. The summed E-state index contributed by atoms with van der Waals surface area (Å²) in [6.07, 6.45) is 1.47. The molecule has 0 rings (SSSR count). The average Bonchev–Trinajstić information content (AvgIpc) is 1.63. The molecule has 2 nitrogen and oxygen atoms in total. The topological polar surface area (TPSA) is 40.9 Å². The van der Waals surface area contributed by atoms with E-state index in [1.54, 1.807) is 6.92 Å². The Morgan fingerprint density at radius 3 is 2.11 bits per heavy atom. The van der Waals surface area contributed by atoms with E-state index in [0.717, 1.165) is 4.48 Å². The first-order chi connectivity index (χ1) is 4.04. The summed E-state index contributed by atoms with van der Waals surface area (Å²) in [6, 6.07) is 0. The van der Waals surface area contributed by atoms with Gasteiger partial charge in [-0.15, -0.1) is 0 Å². The molecule has 0 unspecified atom stereocenters. The molecule has 0 aromatic carbocycles. The van der Waals surface area contributed by atoms with E-state index in [1.807, 2.05) is 0 Å². The number of carbonyl (C=O) groups excluding carboxylic acids is 1. The van der Waals surface area contributed by atoms with E-state index >= 15 is 0 Å². The summed E-state index contributed by atoms with van der Waals surface area (Å²) in [4.78, 5) is 10.4. The predicted molar refractivity (Wildman–Crippen MR) is 41.1 cm³/mol. The minimum Gasteiger partial charge on any atom is -0.297 e. The van der Waals surface area contributed by atoms with Crippen LogP contribution in [0.4, 0.5) is 0 Å². The first kappa shape index (κ1) is 8.56. The molecule has 0 fully saturated rings. The molecule has 0 aromatic rings. The van der Waals surface area contributed by atoms with Gasteiger partial charge in [-0.05, 0) is 17.5 Å². The summed E-state index contributed by atoms with van der Waals surface area (Å²) < 4.78 is 0.794. The Bertz CT molecular complexity index is 168. The van der Waals surface area contributed by atoms with Gasteiger partial charge in [0.2, 0.25) is 0 Å². The van der Waals surface area contributed by atoms with E-state index in [9.17, 15) is 4.79 Å². The van der Waals surface area contributed by atoms with Crippen molar-refractivity contribution < 1.29 is 4.79 Å². The number of hydrogen-bond acceptors (Lipinski definition) is 2. The Hall–Kier alpha value is -0.440. The highest BCUT2D eigenvalue weighted by Gasteiger charge is 1.96. The van der Waals surface area contributed by atoms with Crippen LogP contribution in [0.5, 0.6) is 0 Å². The van der Waals surface area contributed by atoms with Crippen LogP contribution in [0, 0.1) is 5.41 Å². The number of rotatable bonds is 2. The van der Waals surface area contributed by atoms with E-state index in [0.29, 0.717) is 0 Å². The normalized spacial score (nSPS) is 11.2. The fourth-order valence-electron chi connectivity index (χ4n) is 0.301. The molecule has 0 aromatic heterocycles. The van der Waals surface area contributed by atoms with E-state index < -0.39 is 0 Å². The number of halogens is 1. The predicted octanol–water partition coefficient (Wildman–Crippen LogP) is 1.89. The molecule has 1 N–H and O–H groups in total. The van der Waals surface area contributed by atoms with E-state index in [4.69, 9.17) is 5.41 Å². The molecule has 9 heavy (non-hydrogen) atoms. The molecule has 0 saturated carbocycles. The lowest BCUT2D eigenvalue weighted by Crippen LogP contribution is -2.03. The summed E-state index contributed by atoms with van der Waals surface area (Å²) in [6.45, 7) is 3.15. The number of hydrogen-bond donors (Lipinski definition) is 1. The Kier molecular flexibility index (Phi) is 3.39. The monoisotopic (exact) mass is 189 g/mol. The van der Waals surface area contributed by atoms with E-state index in [2.05, 4.69) is 15.9 Å². The minimum atomic E-state index is -0.214. The van der Waals surface area contributed by atoms with Gasteiger partial charge in [0, 0.05) is 6.92 Å². The molecule has 0 atom stereocenters. The maximum atomic E-state index is 10.4. The van der Waals surface area contributed by atoms with Gasteiger partial charge in [-0.2, -0.15) is 0 Å². The standard InChI is InChI=1S/C6H8BrNO/c1-4(7)3-6(8)5(2)9/h3,8H,1-2H3/b4-3+,8-6?. The summed E-state index contributed by atoms with van der Waals surface area (Å²) in [5.41, 5.74) is 0.0318. The van der Waals surface area contributed by atoms with Crippen molar-refractivity contribution in [3.63, 3.8) is 0 Å². The number of Topliss-reactive ketones (excluding diaryl/α,β-unsaturated/α-hetero) is 1. The highest BCUT2D eigenvalue weighted by atomic mass is 79.9. The van der Waals surface area contributed by atoms with Crippen molar-refractivity contribution in [2.24, 2.45) is 0 Å². The van der Waals surface area contributed by atoms with Gasteiger partial charge in [-0.1, -0.05) is 15.9 Å². The summed E-state index contributed by atoms with van der Waals surface area (Å²) in [5.74, 6) is -0.214. The Balaban J connectivity index is 4.09. The zero-order chi connectivity index (χ0) is 7.44. The van der Waals surface area contributed by atoms with Crippen LogP contribution >= 0.6 is 15.9 Å². The number of allylic oxidation sites excluding steroid dienone is 2. The second-order valence-corrected chi connectivity index (χ2v) is 2.95. The molecular weight excluding hydrogens is 182 g/mol. The molecule has 0 aliphatic heterocycles. The SMILES string of the molecule is CC(=O)C(=N)/C=C(\C)Br. The molecule has 0 amide bonds. The van der Waals surface area contributed by atoms with Gasteiger partial charge in [0.1, 0.15) is 0 Å². The fraction of sp³-hybridized carbons (Fsp3) is 0.333. The summed E-state index contributed by atoms with van der Waals surface area (Å²) in [7, 11) is 0. The highest BCUT2D eigenvalue weighted by Crippen LogP contribution is 2.01. The lowest BCUT2D eigenvalue weighted by atomic mass is 10.2. The Morgan fingerprint density at radius 2 is 2.00 bits per heavy atom. The Morgan fingerprint density at radius 1 is 1.56 bits per heavy atom. The van der Waals surface area contributed by atoms with Crippen LogP contribution in [-0.4, -0.2) is 11.5 Å². The lowest BCUT2D eigenvalue weighted by molar-refractivity contribution is -0.111. The number of ketones is 1. The molecule has 0 spiro atoms. The van der Waals surface area contributed by atoms with Crippen molar-refractivity contribution in [1.29, 1.82) is 5.41 Å². The Labute approximate surface area is 62.6 Å². The van der Waals surface area contributed by atoms with Gasteiger partial charge in [0.15, 0.2) is 5.78 Å². The number of nitrogens with one attached hydrogen (secondary N) is 1. The maximum Gasteiger partial charge on any atom is 0.177 e. The maximum absolute atomic E-state index is 10.4. The summed E-state index contributed by atoms with van der Waals surface area (Å²) >= 11 is 3.11. The van der Waals surface area contributed by atoms with Gasteiger partial charge >= 0.3 is 0 Å². The van der Waals surface area contributed by atoms with Crippen molar-refractivity contribution >= 4 is 27.4 Å². The largest absolute Gasteiger partial charge is 0.297 e. The first-order valence-electron chi connectivity index (χ1n) is 2.47. The van der Waals surface area contributed by atoms with Crippen molar-refractivity contribution in [2.75, 3.05) is 0 Å². The third-order valence-corrected chi connectivity index (χ3v) is 0.951. The zero-order valence-electron chi connectivity index (χ0n) is 5.36. The van der Waals surface area contributed by atoms with Crippen molar-refractivity contribution in [1.82, 2.24) is 0 Å². The molecule has 0 radical (unpaired) electrons. The van der Waals surface area contributed by atoms with Crippen LogP contribution in [0.3, 0.4) is 0 Å². The molecule has 0 heterocycles. The second kappa shape index (κ2) is 3.56. The zero-order valence-corrected chi connectivity index (χ0v) is 6.95. The van der Waals surface area contributed by atoms with Gasteiger partial charge < -0.3 is 0 Å². The van der Waals surface area contributed by atoms with E-state index in [-0.39, 0.29) is 11.5 Å². The van der Waals surface area contributed by atoms with Crippen molar-refractivity contribution in [3.8, 4) is 0 Å². The lowest BCUT2D eigenvalue weighted by Gasteiger charge is -1.87. The minimum absolute atomic E-state index is 0.0318. The molecule has 0 aliphatic rings. The third-order valence-electron chi connectivity index (χ3n) is 0.723. The van der Waals surface area contributed by atoms with Gasteiger partial charge in [-0.3, -0.25) is 10.2 Å². The van der Waals surface area contributed by atoms with Gasteiger partial charge in [-0.25, -0.2) is 0 Å². The molecule has 0 bridgehead atoms. The first-order valence-corrected chi connectivity index (χ1v) is 3.26.